The van der Waals surface area contributed by atoms with Crippen LogP contribution in [0.15, 0.2) is 12.1 Å². The molecule has 0 bridgehead atoms. The first-order chi connectivity index (χ1) is 8.11. The van der Waals surface area contributed by atoms with Crippen LogP contribution < -0.4 is 10.1 Å². The molecule has 0 aromatic carbocycles. The summed E-state index contributed by atoms with van der Waals surface area (Å²) in [6.45, 7) is 0. The summed E-state index contributed by atoms with van der Waals surface area (Å²) in [5, 5.41) is 13.2. The first-order valence-electron chi connectivity index (χ1n) is 5.16. The van der Waals surface area contributed by atoms with Crippen molar-refractivity contribution in [1.82, 2.24) is 10.3 Å². The van der Waals surface area contributed by atoms with Crippen molar-refractivity contribution in [2.24, 2.45) is 0 Å². The third kappa shape index (κ3) is 2.49. The van der Waals surface area contributed by atoms with Crippen LogP contribution in [0.4, 0.5) is 5.82 Å². The summed E-state index contributed by atoms with van der Waals surface area (Å²) in [4.78, 5) is 25.2. The Kier molecular flexibility index (Phi) is 2.90. The lowest BCUT2D eigenvalue weighted by Crippen LogP contribution is -2.19. The number of hydrogen-bond donors (Lipinski definition) is 1. The molecule has 0 spiro atoms. The number of ether oxygens (including phenoxy) is 1. The Balaban J connectivity index is 2.32. The van der Waals surface area contributed by atoms with E-state index in [1.807, 2.05) is 0 Å². The van der Waals surface area contributed by atoms with Gasteiger partial charge in [0.25, 0.3) is 5.91 Å². The molecule has 0 saturated heterocycles. The molecule has 7 heteroatoms. The number of amides is 1. The van der Waals surface area contributed by atoms with Crippen molar-refractivity contribution < 1.29 is 14.5 Å². The maximum Gasteiger partial charge on any atom is 0.406 e. The van der Waals surface area contributed by atoms with Crippen LogP contribution in [0, 0.1) is 10.1 Å². The molecule has 1 amide bonds. The first kappa shape index (κ1) is 11.3. The fourth-order valence-corrected chi connectivity index (χ4v) is 1.28. The molecule has 2 rings (SSSR count). The first-order valence-corrected chi connectivity index (χ1v) is 5.16. The Hall–Kier alpha value is -2.18. The van der Waals surface area contributed by atoms with Gasteiger partial charge < -0.3 is 20.2 Å². The molecule has 1 aliphatic rings. The number of nitrogens with zero attached hydrogens (tertiary/aromatic N) is 2. The third-order valence-corrected chi connectivity index (χ3v) is 2.29. The molecule has 1 fully saturated rings. The molecule has 1 aliphatic carbocycles. The summed E-state index contributed by atoms with van der Waals surface area (Å²) in [7, 11) is 1.43. The zero-order valence-electron chi connectivity index (χ0n) is 9.17. The number of pyridine rings is 1. The van der Waals surface area contributed by atoms with Crippen molar-refractivity contribution in [3.63, 3.8) is 0 Å². The minimum atomic E-state index is -0.649. The van der Waals surface area contributed by atoms with Gasteiger partial charge in [-0.05, 0) is 34.9 Å². The van der Waals surface area contributed by atoms with E-state index in [4.69, 9.17) is 4.74 Å². The second-order valence-electron chi connectivity index (χ2n) is 3.67. The molecule has 1 N–H and O–H groups in total. The van der Waals surface area contributed by atoms with E-state index in [-0.39, 0.29) is 17.5 Å². The van der Waals surface area contributed by atoms with Crippen molar-refractivity contribution in [2.45, 2.75) is 18.9 Å². The molecule has 1 saturated carbocycles. The van der Waals surface area contributed by atoms with Gasteiger partial charge in [0.15, 0.2) is 0 Å². The van der Waals surface area contributed by atoms with Gasteiger partial charge in [0.2, 0.25) is 11.4 Å². The average molecular weight is 237 g/mol. The molecule has 1 heterocycles. The van der Waals surface area contributed by atoms with Crippen LogP contribution in [0.5, 0.6) is 5.75 Å². The van der Waals surface area contributed by atoms with Crippen molar-refractivity contribution in [1.29, 1.82) is 0 Å². The number of carbonyl (C=O) groups excluding carboxylic acids is 1. The molecule has 0 atom stereocenters. The van der Waals surface area contributed by atoms with Gasteiger partial charge in [0.05, 0.1) is 6.10 Å². The summed E-state index contributed by atoms with van der Waals surface area (Å²) in [5.41, 5.74) is 0.00217. The molecule has 90 valence electrons. The molecule has 1 aromatic heterocycles. The smallest absolute Gasteiger partial charge is 0.406 e. The van der Waals surface area contributed by atoms with Gasteiger partial charge in [0, 0.05) is 7.05 Å². The third-order valence-electron chi connectivity index (χ3n) is 2.29. The maximum absolute atomic E-state index is 11.3. The summed E-state index contributed by atoms with van der Waals surface area (Å²) < 4.78 is 5.35. The average Bonchev–Trinajstić information content (AvgIpc) is 3.12. The van der Waals surface area contributed by atoms with E-state index < -0.39 is 16.6 Å². The van der Waals surface area contributed by atoms with E-state index in [0.717, 1.165) is 12.8 Å². The number of carbonyl (C=O) groups is 1. The fourth-order valence-electron chi connectivity index (χ4n) is 1.28. The van der Waals surface area contributed by atoms with Crippen LogP contribution in [0.3, 0.4) is 0 Å². The normalized spacial score (nSPS) is 14.2. The van der Waals surface area contributed by atoms with E-state index in [1.54, 1.807) is 0 Å². The number of hydrogen-bond acceptors (Lipinski definition) is 5. The largest absolute Gasteiger partial charge is 0.482 e. The molecule has 0 aliphatic heterocycles. The van der Waals surface area contributed by atoms with Gasteiger partial charge in [-0.1, -0.05) is 0 Å². The lowest BCUT2D eigenvalue weighted by Gasteiger charge is -2.04. The quantitative estimate of drug-likeness (QED) is 0.619. The van der Waals surface area contributed by atoms with E-state index >= 15 is 0 Å². The minimum absolute atomic E-state index is 0.00217. The fraction of sp³-hybridized carbons (Fsp3) is 0.400. The molecule has 17 heavy (non-hydrogen) atoms. The summed E-state index contributed by atoms with van der Waals surface area (Å²) in [6, 6.07) is 2.82. The summed E-state index contributed by atoms with van der Waals surface area (Å²) in [6.07, 6.45) is 1.84. The Morgan fingerprint density at radius 3 is 2.82 bits per heavy atom. The van der Waals surface area contributed by atoms with E-state index in [2.05, 4.69) is 10.3 Å². The standard InChI is InChI=1S/C10H11N3O4/c1-11-10(14)7-4-5-8(17-6-2-3-6)9(12-7)13(15)16/h4-6H,2-3H2,1H3,(H,11,14). The van der Waals surface area contributed by atoms with Gasteiger partial charge in [-0.3, -0.25) is 4.79 Å². The Morgan fingerprint density at radius 1 is 1.59 bits per heavy atom. The van der Waals surface area contributed by atoms with Crippen LogP contribution in [-0.4, -0.2) is 29.0 Å². The zero-order chi connectivity index (χ0) is 12.4. The second-order valence-corrected chi connectivity index (χ2v) is 3.67. The highest BCUT2D eigenvalue weighted by molar-refractivity contribution is 5.92. The molecule has 0 unspecified atom stereocenters. The van der Waals surface area contributed by atoms with Crippen LogP contribution >= 0.6 is 0 Å². The highest BCUT2D eigenvalue weighted by Gasteiger charge is 2.29. The lowest BCUT2D eigenvalue weighted by atomic mass is 10.3. The molecule has 7 nitrogen and oxygen atoms in total. The van der Waals surface area contributed by atoms with Gasteiger partial charge in [-0.2, -0.15) is 0 Å². The molecular weight excluding hydrogens is 226 g/mol. The van der Waals surface area contributed by atoms with Crippen LogP contribution in [-0.2, 0) is 0 Å². The highest BCUT2D eigenvalue weighted by atomic mass is 16.6. The van der Waals surface area contributed by atoms with Crippen LogP contribution in [0.2, 0.25) is 0 Å². The number of nitro groups is 1. The maximum atomic E-state index is 11.3. The van der Waals surface area contributed by atoms with E-state index in [0.29, 0.717) is 0 Å². The highest BCUT2D eigenvalue weighted by Crippen LogP contribution is 2.32. The molecule has 0 radical (unpaired) electrons. The van der Waals surface area contributed by atoms with Crippen molar-refractivity contribution in [2.75, 3.05) is 7.05 Å². The van der Waals surface area contributed by atoms with Crippen molar-refractivity contribution in [3.8, 4) is 5.75 Å². The SMILES string of the molecule is CNC(=O)c1ccc(OC2CC2)c([N+](=O)[O-])n1. The van der Waals surface area contributed by atoms with E-state index in [1.165, 1.54) is 19.2 Å². The number of rotatable bonds is 4. The van der Waals surface area contributed by atoms with Gasteiger partial charge in [-0.15, -0.1) is 0 Å². The van der Waals surface area contributed by atoms with Crippen molar-refractivity contribution >= 4 is 11.7 Å². The molecule has 1 aromatic rings. The van der Waals surface area contributed by atoms with Gasteiger partial charge in [-0.25, -0.2) is 0 Å². The van der Waals surface area contributed by atoms with Crippen LogP contribution in [0.25, 0.3) is 0 Å². The Bertz CT molecular complexity index is 471. The summed E-state index contributed by atoms with van der Waals surface area (Å²) >= 11 is 0. The van der Waals surface area contributed by atoms with Gasteiger partial charge >= 0.3 is 5.82 Å². The monoisotopic (exact) mass is 237 g/mol. The number of aromatic nitrogens is 1. The summed E-state index contributed by atoms with van der Waals surface area (Å²) in [5.74, 6) is -0.769. The van der Waals surface area contributed by atoms with E-state index in [9.17, 15) is 14.9 Å². The predicted octanol–water partition coefficient (Wildman–Crippen LogP) is 0.891. The molecular formula is C10H11N3O4. The number of nitrogens with one attached hydrogen (secondary N) is 1. The lowest BCUT2D eigenvalue weighted by molar-refractivity contribution is -0.390. The second kappa shape index (κ2) is 4.36. The minimum Gasteiger partial charge on any atom is -0.482 e. The van der Waals surface area contributed by atoms with Gasteiger partial charge in [0.1, 0.15) is 0 Å². The predicted molar refractivity (Wildman–Crippen MR) is 57.9 cm³/mol. The zero-order valence-corrected chi connectivity index (χ0v) is 9.17. The van der Waals surface area contributed by atoms with Crippen molar-refractivity contribution in [3.05, 3.63) is 27.9 Å². The topological polar surface area (TPSA) is 94.4 Å². The Morgan fingerprint density at radius 2 is 2.29 bits per heavy atom. The Labute approximate surface area is 96.9 Å². The van der Waals surface area contributed by atoms with Crippen LogP contribution in [0.1, 0.15) is 23.3 Å².